The standard InChI is InChI=1S/C28H31N3O4/c1-2-31-17-20(21-6-3-4-7-24(21)31)16-26-27(32)22-8-9-25-23(28(22)35-26)18-30(19-34-25)11-5-10-29-12-14-33-15-13-29/h3-4,6-9,16-17H,2,5,10-15,18-19H2,1H3/b26-16-. The van der Waals surface area contributed by atoms with Crippen molar-refractivity contribution in [2.45, 2.75) is 26.4 Å². The molecule has 3 aromatic rings. The summed E-state index contributed by atoms with van der Waals surface area (Å²) in [7, 11) is 0. The van der Waals surface area contributed by atoms with Gasteiger partial charge >= 0.3 is 0 Å². The monoisotopic (exact) mass is 473 g/mol. The van der Waals surface area contributed by atoms with Crippen LogP contribution in [-0.4, -0.2) is 66.3 Å². The van der Waals surface area contributed by atoms with Gasteiger partial charge < -0.3 is 18.8 Å². The molecule has 1 saturated heterocycles. The minimum absolute atomic E-state index is 0.0689. The van der Waals surface area contributed by atoms with Crippen LogP contribution < -0.4 is 9.47 Å². The van der Waals surface area contributed by atoms with Gasteiger partial charge in [0, 0.05) is 55.4 Å². The van der Waals surface area contributed by atoms with Crippen LogP contribution in [0.25, 0.3) is 17.0 Å². The molecule has 2 aromatic carbocycles. The number of allylic oxidation sites excluding steroid dienone is 1. The van der Waals surface area contributed by atoms with E-state index in [1.165, 1.54) is 0 Å². The van der Waals surface area contributed by atoms with Gasteiger partial charge in [0.2, 0.25) is 5.78 Å². The molecule has 0 N–H and O–H groups in total. The van der Waals surface area contributed by atoms with E-state index in [0.717, 1.165) is 86.7 Å². The molecule has 0 bridgehead atoms. The number of aromatic nitrogens is 1. The van der Waals surface area contributed by atoms with Crippen molar-refractivity contribution in [3.05, 3.63) is 65.0 Å². The summed E-state index contributed by atoms with van der Waals surface area (Å²) < 4.78 is 19.9. The molecule has 0 atom stereocenters. The number of nitrogens with zero attached hydrogens (tertiary/aromatic N) is 3. The van der Waals surface area contributed by atoms with Gasteiger partial charge in [-0.2, -0.15) is 0 Å². The molecule has 7 heteroatoms. The highest BCUT2D eigenvalue weighted by Gasteiger charge is 2.33. The molecule has 6 rings (SSSR count). The predicted molar refractivity (Wildman–Crippen MR) is 135 cm³/mol. The molecule has 35 heavy (non-hydrogen) atoms. The average Bonchev–Trinajstić information content (AvgIpc) is 3.42. The first-order valence-corrected chi connectivity index (χ1v) is 12.5. The smallest absolute Gasteiger partial charge is 0.231 e. The van der Waals surface area contributed by atoms with Crippen LogP contribution in [0.3, 0.4) is 0 Å². The third kappa shape index (κ3) is 4.24. The molecule has 182 valence electrons. The van der Waals surface area contributed by atoms with Crippen LogP contribution in [0.4, 0.5) is 0 Å². The summed E-state index contributed by atoms with van der Waals surface area (Å²) in [6.07, 6.45) is 5.04. The first kappa shape index (κ1) is 22.3. The van der Waals surface area contributed by atoms with Crippen molar-refractivity contribution in [2.75, 3.05) is 46.1 Å². The first-order chi connectivity index (χ1) is 17.2. The molecular formula is C28H31N3O4. The lowest BCUT2D eigenvalue weighted by Gasteiger charge is -2.31. The highest BCUT2D eigenvalue weighted by molar-refractivity contribution is 6.15. The quantitative estimate of drug-likeness (QED) is 0.502. The number of rotatable bonds is 6. The number of fused-ring (bicyclic) bond motifs is 4. The van der Waals surface area contributed by atoms with Crippen LogP contribution in [-0.2, 0) is 17.8 Å². The Hall–Kier alpha value is -3.13. The number of hydrogen-bond acceptors (Lipinski definition) is 6. The zero-order chi connectivity index (χ0) is 23.8. The first-order valence-electron chi connectivity index (χ1n) is 12.5. The largest absolute Gasteiger partial charge is 0.478 e. The minimum Gasteiger partial charge on any atom is -0.478 e. The molecule has 4 heterocycles. The number of ketones is 1. The maximum absolute atomic E-state index is 13.3. The molecular weight excluding hydrogens is 442 g/mol. The fourth-order valence-electron chi connectivity index (χ4n) is 5.28. The Morgan fingerprint density at radius 1 is 1.03 bits per heavy atom. The number of carbonyl (C=O) groups is 1. The lowest BCUT2D eigenvalue weighted by Crippen LogP contribution is -2.39. The van der Waals surface area contributed by atoms with Gasteiger partial charge in [-0.25, -0.2) is 0 Å². The highest BCUT2D eigenvalue weighted by atomic mass is 16.5. The molecule has 1 aromatic heterocycles. The van der Waals surface area contributed by atoms with Crippen molar-refractivity contribution in [3.63, 3.8) is 0 Å². The minimum atomic E-state index is -0.0689. The van der Waals surface area contributed by atoms with E-state index in [1.807, 2.05) is 30.3 Å². The number of Topliss-reactive ketones (excluding diaryl/α,β-unsaturated/α-hetero) is 1. The number of aryl methyl sites for hydroxylation is 1. The summed E-state index contributed by atoms with van der Waals surface area (Å²) in [6.45, 7) is 9.93. The van der Waals surface area contributed by atoms with Crippen LogP contribution in [0.5, 0.6) is 11.5 Å². The van der Waals surface area contributed by atoms with Crippen molar-refractivity contribution in [1.82, 2.24) is 14.4 Å². The predicted octanol–water partition coefficient (Wildman–Crippen LogP) is 4.15. The maximum Gasteiger partial charge on any atom is 0.231 e. The zero-order valence-corrected chi connectivity index (χ0v) is 20.2. The van der Waals surface area contributed by atoms with Crippen molar-refractivity contribution in [1.29, 1.82) is 0 Å². The van der Waals surface area contributed by atoms with E-state index in [9.17, 15) is 4.79 Å². The van der Waals surface area contributed by atoms with Gasteiger partial charge in [-0.05, 0) is 44.2 Å². The van der Waals surface area contributed by atoms with Crippen molar-refractivity contribution in [3.8, 4) is 11.5 Å². The summed E-state index contributed by atoms with van der Waals surface area (Å²) in [6, 6.07) is 12.0. The van der Waals surface area contributed by atoms with E-state index in [2.05, 4.69) is 39.6 Å². The summed E-state index contributed by atoms with van der Waals surface area (Å²) >= 11 is 0. The van der Waals surface area contributed by atoms with Crippen LogP contribution in [0.2, 0.25) is 0 Å². The molecule has 3 aliphatic rings. The summed E-state index contributed by atoms with van der Waals surface area (Å²) in [5.41, 5.74) is 3.73. The number of morpholine rings is 1. The molecule has 7 nitrogen and oxygen atoms in total. The summed E-state index contributed by atoms with van der Waals surface area (Å²) in [4.78, 5) is 18.0. The summed E-state index contributed by atoms with van der Waals surface area (Å²) in [5.74, 6) is 1.76. The zero-order valence-electron chi connectivity index (χ0n) is 20.2. The van der Waals surface area contributed by atoms with Gasteiger partial charge in [0.1, 0.15) is 18.2 Å². The third-order valence-corrected chi connectivity index (χ3v) is 7.18. The van der Waals surface area contributed by atoms with E-state index in [4.69, 9.17) is 14.2 Å². The van der Waals surface area contributed by atoms with Crippen LogP contribution in [0.15, 0.2) is 48.4 Å². The Kier molecular flexibility index (Phi) is 6.06. The van der Waals surface area contributed by atoms with Crippen molar-refractivity contribution in [2.24, 2.45) is 0 Å². The molecule has 0 radical (unpaired) electrons. The lowest BCUT2D eigenvalue weighted by molar-refractivity contribution is 0.0329. The lowest BCUT2D eigenvalue weighted by atomic mass is 10.0. The Morgan fingerprint density at radius 3 is 2.71 bits per heavy atom. The Labute approximate surface area is 205 Å². The fourth-order valence-corrected chi connectivity index (χ4v) is 5.28. The van der Waals surface area contributed by atoms with Gasteiger partial charge in [-0.3, -0.25) is 14.6 Å². The Balaban J connectivity index is 1.21. The number of carbonyl (C=O) groups excluding carboxylic acids is 1. The SMILES string of the molecule is CCn1cc(/C=C2\Oc3c(ccc4c3CN(CCCN3CCOCC3)CO4)C2=O)c2ccccc21. The normalized spacial score (nSPS) is 19.6. The number of para-hydroxylation sites is 1. The second kappa shape index (κ2) is 9.49. The van der Waals surface area contributed by atoms with Gasteiger partial charge in [0.25, 0.3) is 0 Å². The molecule has 0 aliphatic carbocycles. The Bertz CT molecular complexity index is 1290. The van der Waals surface area contributed by atoms with E-state index < -0.39 is 0 Å². The second-order valence-electron chi connectivity index (χ2n) is 9.38. The highest BCUT2D eigenvalue weighted by Crippen LogP contribution is 2.42. The molecule has 0 unspecified atom stereocenters. The van der Waals surface area contributed by atoms with Gasteiger partial charge in [-0.1, -0.05) is 18.2 Å². The van der Waals surface area contributed by atoms with Crippen molar-refractivity contribution >= 4 is 22.8 Å². The topological polar surface area (TPSA) is 56.2 Å². The van der Waals surface area contributed by atoms with E-state index in [0.29, 0.717) is 23.8 Å². The van der Waals surface area contributed by atoms with Crippen LogP contribution in [0, 0.1) is 0 Å². The van der Waals surface area contributed by atoms with Gasteiger partial charge in [0.05, 0.1) is 24.3 Å². The fraction of sp³-hybridized carbons (Fsp3) is 0.393. The van der Waals surface area contributed by atoms with Gasteiger partial charge in [-0.15, -0.1) is 0 Å². The van der Waals surface area contributed by atoms with Crippen LogP contribution >= 0.6 is 0 Å². The van der Waals surface area contributed by atoms with E-state index in [1.54, 1.807) is 0 Å². The second-order valence-corrected chi connectivity index (χ2v) is 9.38. The molecule has 1 fully saturated rings. The maximum atomic E-state index is 13.3. The van der Waals surface area contributed by atoms with E-state index >= 15 is 0 Å². The molecule has 0 saturated carbocycles. The summed E-state index contributed by atoms with van der Waals surface area (Å²) in [5, 5.41) is 1.12. The third-order valence-electron chi connectivity index (χ3n) is 7.18. The Morgan fingerprint density at radius 2 is 1.86 bits per heavy atom. The van der Waals surface area contributed by atoms with Crippen LogP contribution in [0.1, 0.15) is 34.8 Å². The molecule has 0 amide bonds. The number of ether oxygens (including phenoxy) is 3. The average molecular weight is 474 g/mol. The van der Waals surface area contributed by atoms with Crippen molar-refractivity contribution < 1.29 is 19.0 Å². The molecule has 0 spiro atoms. The number of benzene rings is 2. The molecule has 3 aliphatic heterocycles. The number of hydrogen-bond donors (Lipinski definition) is 0. The van der Waals surface area contributed by atoms with E-state index in [-0.39, 0.29) is 5.78 Å². The van der Waals surface area contributed by atoms with Gasteiger partial charge in [0.15, 0.2) is 5.76 Å².